The van der Waals surface area contributed by atoms with Crippen molar-refractivity contribution in [1.29, 1.82) is 0 Å². The summed E-state index contributed by atoms with van der Waals surface area (Å²) >= 11 is 0. The summed E-state index contributed by atoms with van der Waals surface area (Å²) in [6, 6.07) is 0. The summed E-state index contributed by atoms with van der Waals surface area (Å²) in [6.45, 7) is 13.3. The van der Waals surface area contributed by atoms with Gasteiger partial charge in [-0.05, 0) is 37.1 Å². The van der Waals surface area contributed by atoms with E-state index < -0.39 is 0 Å². The van der Waals surface area contributed by atoms with E-state index in [1.807, 2.05) is 0 Å². The second-order valence-electron chi connectivity index (χ2n) is 7.58. The molecule has 0 aromatic rings. The number of aliphatic hydroxyl groups is 1. The molecular weight excluding hydrogens is 248 g/mol. The summed E-state index contributed by atoms with van der Waals surface area (Å²) in [5, 5.41) is 12.6. The molecule has 1 heterocycles. The Morgan fingerprint density at radius 3 is 2.35 bits per heavy atom. The molecule has 1 aliphatic heterocycles. The Labute approximate surface area is 126 Å². The van der Waals surface area contributed by atoms with Crippen LogP contribution in [-0.4, -0.2) is 49.3 Å². The molecule has 3 nitrogen and oxygen atoms in total. The van der Waals surface area contributed by atoms with Crippen molar-refractivity contribution in [2.24, 2.45) is 11.3 Å². The molecule has 1 atom stereocenters. The molecule has 0 bridgehead atoms. The monoisotopic (exact) mass is 284 g/mol. The average Bonchev–Trinajstić information content (AvgIpc) is 2.38. The van der Waals surface area contributed by atoms with Gasteiger partial charge >= 0.3 is 0 Å². The number of piperazine rings is 1. The summed E-state index contributed by atoms with van der Waals surface area (Å²) in [5.74, 6) is 0.708. The molecule has 1 aliphatic rings. The fraction of sp³-hybridized carbons (Fsp3) is 1.00. The van der Waals surface area contributed by atoms with Crippen LogP contribution in [-0.2, 0) is 0 Å². The van der Waals surface area contributed by atoms with Crippen molar-refractivity contribution >= 4 is 0 Å². The molecule has 1 rings (SSSR count). The van der Waals surface area contributed by atoms with E-state index in [9.17, 15) is 5.11 Å². The lowest BCUT2D eigenvalue weighted by molar-refractivity contribution is 0.204. The summed E-state index contributed by atoms with van der Waals surface area (Å²) in [7, 11) is 0. The van der Waals surface area contributed by atoms with Gasteiger partial charge < -0.3 is 15.3 Å². The molecule has 120 valence electrons. The highest BCUT2D eigenvalue weighted by molar-refractivity contribution is 4.70. The van der Waals surface area contributed by atoms with Gasteiger partial charge in [0.1, 0.15) is 0 Å². The van der Waals surface area contributed by atoms with E-state index in [0.29, 0.717) is 17.9 Å². The maximum absolute atomic E-state index is 9.19. The van der Waals surface area contributed by atoms with E-state index in [1.165, 1.54) is 51.7 Å². The first-order chi connectivity index (χ1) is 9.51. The zero-order valence-corrected chi connectivity index (χ0v) is 14.0. The Morgan fingerprint density at radius 2 is 1.75 bits per heavy atom. The van der Waals surface area contributed by atoms with Crippen LogP contribution in [0.5, 0.6) is 0 Å². The van der Waals surface area contributed by atoms with Gasteiger partial charge in [-0.1, -0.05) is 40.0 Å². The van der Waals surface area contributed by atoms with Gasteiger partial charge in [-0.15, -0.1) is 0 Å². The van der Waals surface area contributed by atoms with Gasteiger partial charge in [-0.2, -0.15) is 0 Å². The van der Waals surface area contributed by atoms with Crippen molar-refractivity contribution in [3.8, 4) is 0 Å². The lowest BCUT2D eigenvalue weighted by Crippen LogP contribution is -2.43. The molecule has 0 spiro atoms. The van der Waals surface area contributed by atoms with Gasteiger partial charge in [0.15, 0.2) is 0 Å². The molecule has 0 unspecified atom stereocenters. The smallest absolute Gasteiger partial charge is 0.0433 e. The van der Waals surface area contributed by atoms with Crippen molar-refractivity contribution in [3.05, 3.63) is 0 Å². The number of hydrogen-bond acceptors (Lipinski definition) is 3. The Bertz CT molecular complexity index is 232. The van der Waals surface area contributed by atoms with Crippen LogP contribution in [0.15, 0.2) is 0 Å². The van der Waals surface area contributed by atoms with Crippen LogP contribution in [0.3, 0.4) is 0 Å². The lowest BCUT2D eigenvalue weighted by Gasteiger charge is -2.27. The Kier molecular flexibility index (Phi) is 8.74. The van der Waals surface area contributed by atoms with Crippen molar-refractivity contribution < 1.29 is 5.11 Å². The van der Waals surface area contributed by atoms with Crippen LogP contribution in [0, 0.1) is 11.3 Å². The largest absolute Gasteiger partial charge is 0.396 e. The predicted molar refractivity (Wildman–Crippen MR) is 87.0 cm³/mol. The van der Waals surface area contributed by atoms with Crippen LogP contribution in [0.4, 0.5) is 0 Å². The number of unbranched alkanes of at least 4 members (excludes halogenated alkanes) is 2. The van der Waals surface area contributed by atoms with Crippen LogP contribution in [0.25, 0.3) is 0 Å². The Morgan fingerprint density at radius 1 is 1.05 bits per heavy atom. The molecule has 3 heteroatoms. The first-order valence-electron chi connectivity index (χ1n) is 8.55. The van der Waals surface area contributed by atoms with E-state index in [4.69, 9.17) is 0 Å². The van der Waals surface area contributed by atoms with Gasteiger partial charge in [0.25, 0.3) is 0 Å². The highest BCUT2D eigenvalue weighted by Gasteiger charge is 2.18. The number of rotatable bonds is 9. The quantitative estimate of drug-likeness (QED) is 0.639. The first kappa shape index (κ1) is 17.9. The van der Waals surface area contributed by atoms with Crippen LogP contribution >= 0.6 is 0 Å². The minimum atomic E-state index is 0.349. The fourth-order valence-electron chi connectivity index (χ4n) is 3.28. The SMILES string of the molecule is CC(C)(C)C[C@H](CCO)CCCCCN1CCNCC1. The van der Waals surface area contributed by atoms with Gasteiger partial charge in [-0.3, -0.25) is 0 Å². The topological polar surface area (TPSA) is 35.5 Å². The molecule has 2 N–H and O–H groups in total. The van der Waals surface area contributed by atoms with Crippen molar-refractivity contribution in [2.45, 2.75) is 59.3 Å². The van der Waals surface area contributed by atoms with Crippen LogP contribution in [0.1, 0.15) is 59.3 Å². The summed E-state index contributed by atoms with van der Waals surface area (Å²) in [5.41, 5.74) is 0.390. The molecule has 20 heavy (non-hydrogen) atoms. The minimum Gasteiger partial charge on any atom is -0.396 e. The number of nitrogens with zero attached hydrogens (tertiary/aromatic N) is 1. The predicted octanol–water partition coefficient (Wildman–Crippen LogP) is 2.89. The molecule has 0 aromatic heterocycles. The highest BCUT2D eigenvalue weighted by atomic mass is 16.3. The second-order valence-corrected chi connectivity index (χ2v) is 7.58. The van der Waals surface area contributed by atoms with Crippen molar-refractivity contribution in [2.75, 3.05) is 39.3 Å². The zero-order valence-electron chi connectivity index (χ0n) is 14.0. The van der Waals surface area contributed by atoms with Crippen molar-refractivity contribution in [1.82, 2.24) is 10.2 Å². The number of nitrogens with one attached hydrogen (secondary N) is 1. The molecule has 0 radical (unpaired) electrons. The molecule has 0 amide bonds. The maximum atomic E-state index is 9.19. The maximum Gasteiger partial charge on any atom is 0.0433 e. The van der Waals surface area contributed by atoms with Gasteiger partial charge in [0, 0.05) is 32.8 Å². The van der Waals surface area contributed by atoms with Crippen LogP contribution in [0.2, 0.25) is 0 Å². The molecular formula is C17H36N2O. The zero-order chi connectivity index (χ0) is 14.8. The average molecular weight is 284 g/mol. The lowest BCUT2D eigenvalue weighted by atomic mass is 9.81. The van der Waals surface area contributed by atoms with Crippen molar-refractivity contribution in [3.63, 3.8) is 0 Å². The molecule has 0 saturated carbocycles. The van der Waals surface area contributed by atoms with E-state index in [-0.39, 0.29) is 0 Å². The highest BCUT2D eigenvalue weighted by Crippen LogP contribution is 2.29. The molecule has 0 aliphatic carbocycles. The third-order valence-corrected chi connectivity index (χ3v) is 4.23. The van der Waals surface area contributed by atoms with E-state index in [0.717, 1.165) is 19.5 Å². The van der Waals surface area contributed by atoms with Gasteiger partial charge in [0.2, 0.25) is 0 Å². The molecule has 0 aromatic carbocycles. The summed E-state index contributed by atoms with van der Waals surface area (Å²) < 4.78 is 0. The standard InChI is InChI=1S/C17H36N2O/c1-17(2,3)15-16(8-14-20)7-5-4-6-11-19-12-9-18-10-13-19/h16,18,20H,4-15H2,1-3H3/t16-/m0/s1. The molecule has 1 saturated heterocycles. The molecule has 1 fully saturated rings. The third kappa shape index (κ3) is 8.93. The second kappa shape index (κ2) is 9.75. The number of aliphatic hydroxyl groups excluding tert-OH is 1. The van der Waals surface area contributed by atoms with E-state index in [1.54, 1.807) is 0 Å². The fourth-order valence-corrected chi connectivity index (χ4v) is 3.28. The number of hydrogen-bond donors (Lipinski definition) is 2. The van der Waals surface area contributed by atoms with Gasteiger partial charge in [-0.25, -0.2) is 0 Å². The summed E-state index contributed by atoms with van der Waals surface area (Å²) in [4.78, 5) is 2.58. The Hall–Kier alpha value is -0.120. The summed E-state index contributed by atoms with van der Waals surface area (Å²) in [6.07, 6.45) is 7.52. The Balaban J connectivity index is 2.07. The third-order valence-electron chi connectivity index (χ3n) is 4.23. The van der Waals surface area contributed by atoms with Gasteiger partial charge in [0.05, 0.1) is 0 Å². The van der Waals surface area contributed by atoms with E-state index in [2.05, 4.69) is 31.0 Å². The van der Waals surface area contributed by atoms with Crippen LogP contribution < -0.4 is 5.32 Å². The minimum absolute atomic E-state index is 0.349. The first-order valence-corrected chi connectivity index (χ1v) is 8.55. The normalized spacial score (nSPS) is 19.2. The van der Waals surface area contributed by atoms with E-state index >= 15 is 0 Å².